The Morgan fingerprint density at radius 1 is 0.689 bits per heavy atom. The molecule has 0 aromatic rings. The molecule has 0 saturated heterocycles. The van der Waals surface area contributed by atoms with Crippen LogP contribution in [0.1, 0.15) is 153 Å². The molecule has 0 aliphatic heterocycles. The average molecular weight is 635 g/mol. The molecule has 0 fully saturated rings. The number of aliphatic hydroxyl groups is 1. The second-order valence-corrected chi connectivity index (χ2v) is 15.1. The van der Waals surface area contributed by atoms with Gasteiger partial charge in [0.15, 0.2) is 11.6 Å². The third-order valence-electron chi connectivity index (χ3n) is 8.98. The van der Waals surface area contributed by atoms with Crippen LogP contribution in [0.4, 0.5) is 0 Å². The second-order valence-electron chi connectivity index (χ2n) is 15.1. The van der Waals surface area contributed by atoms with Gasteiger partial charge in [-0.3, -0.25) is 9.59 Å². The minimum atomic E-state index is -0.962. The number of rotatable bonds is 28. The van der Waals surface area contributed by atoms with E-state index in [2.05, 4.69) is 6.92 Å². The normalized spacial score (nSPS) is 15.9. The fraction of sp³-hybridized carbons (Fsp3) is 0.944. The van der Waals surface area contributed by atoms with Crippen molar-refractivity contribution in [3.05, 3.63) is 0 Å². The van der Waals surface area contributed by atoms with Crippen LogP contribution >= 0.6 is 0 Å². The minimum absolute atomic E-state index is 0.0213. The first-order valence-corrected chi connectivity index (χ1v) is 17.5. The molecule has 0 aromatic heterocycles. The van der Waals surface area contributed by atoms with Gasteiger partial charge in [-0.1, -0.05) is 51.2 Å². The van der Waals surface area contributed by atoms with E-state index < -0.39 is 22.9 Å². The number of carbonyl (C=O) groups is 2. The van der Waals surface area contributed by atoms with Crippen molar-refractivity contribution in [3.8, 4) is 0 Å². The summed E-state index contributed by atoms with van der Waals surface area (Å²) in [5.41, 5.74) is -2.66. The van der Waals surface area contributed by atoms with Gasteiger partial charge in [0, 0.05) is 20.0 Å². The summed E-state index contributed by atoms with van der Waals surface area (Å²) >= 11 is 0. The molecule has 0 bridgehead atoms. The Morgan fingerprint density at radius 3 is 1.73 bits per heavy atom. The van der Waals surface area contributed by atoms with E-state index in [9.17, 15) is 14.7 Å². The SMILES string of the molecule is [B]C(CC)CCC(O)CCCC(=O)C(C)(C)OC(CCCC(=O)C(C)(C)OCCC(C)(C)OCC(C)(C)OC)CCC([B])CC. The number of methoxy groups -OCH3 is 1. The summed E-state index contributed by atoms with van der Waals surface area (Å²) in [6, 6.07) is 0. The monoisotopic (exact) mass is 635 g/mol. The molecule has 9 heteroatoms. The highest BCUT2D eigenvalue weighted by molar-refractivity contribution is 6.11. The van der Waals surface area contributed by atoms with Crippen LogP contribution in [-0.4, -0.2) is 87.3 Å². The molecule has 4 atom stereocenters. The molecule has 0 saturated carbocycles. The lowest BCUT2D eigenvalue weighted by Gasteiger charge is -2.32. The highest BCUT2D eigenvalue weighted by Crippen LogP contribution is 2.27. The standard InChI is InChI=1S/C36H68B2O7/c1-12-27(37)20-22-29(39)16-14-18-32(41)36(9,10)45-30(23-21-28(38)13-2)17-15-19-31(40)35(7,8)43-25-24-33(3,4)44-26-34(5,6)42-11/h27-30,39H,12-26H2,1-11H3. The first-order chi connectivity index (χ1) is 20.7. The zero-order chi connectivity index (χ0) is 34.9. The zero-order valence-electron chi connectivity index (χ0n) is 31.0. The van der Waals surface area contributed by atoms with Crippen LogP contribution < -0.4 is 0 Å². The van der Waals surface area contributed by atoms with Crippen molar-refractivity contribution in [2.24, 2.45) is 0 Å². The van der Waals surface area contributed by atoms with Gasteiger partial charge >= 0.3 is 0 Å². The number of Topliss-reactive ketones (excluding diaryl/α,β-unsaturated/α-hetero) is 2. The molecular weight excluding hydrogens is 566 g/mol. The van der Waals surface area contributed by atoms with Gasteiger partial charge < -0.3 is 24.1 Å². The maximum absolute atomic E-state index is 13.2. The highest BCUT2D eigenvalue weighted by Gasteiger charge is 2.33. The van der Waals surface area contributed by atoms with E-state index in [-0.39, 0.29) is 34.9 Å². The maximum atomic E-state index is 13.2. The van der Waals surface area contributed by atoms with Crippen LogP contribution in [0.2, 0.25) is 11.6 Å². The van der Waals surface area contributed by atoms with Gasteiger partial charge in [0.25, 0.3) is 0 Å². The fourth-order valence-corrected chi connectivity index (χ4v) is 4.83. The largest absolute Gasteiger partial charge is 0.393 e. The third kappa shape index (κ3) is 20.3. The maximum Gasteiger partial charge on any atom is 0.164 e. The molecule has 7 nitrogen and oxygen atoms in total. The van der Waals surface area contributed by atoms with Gasteiger partial charge in [0.05, 0.1) is 52.3 Å². The molecule has 4 unspecified atom stereocenters. The summed E-state index contributed by atoms with van der Waals surface area (Å²) in [6.45, 7) is 20.2. The van der Waals surface area contributed by atoms with Gasteiger partial charge in [-0.25, -0.2) is 0 Å². The average Bonchev–Trinajstić information content (AvgIpc) is 2.96. The van der Waals surface area contributed by atoms with E-state index in [1.54, 1.807) is 7.11 Å². The predicted molar refractivity (Wildman–Crippen MR) is 186 cm³/mol. The van der Waals surface area contributed by atoms with Crippen LogP contribution in [0.5, 0.6) is 0 Å². The molecule has 1 N–H and O–H groups in total. The molecule has 260 valence electrons. The molecule has 0 aliphatic carbocycles. The number of hydrogen-bond donors (Lipinski definition) is 1. The van der Waals surface area contributed by atoms with Gasteiger partial charge in [-0.15, -0.1) is 0 Å². The number of ketones is 2. The summed E-state index contributed by atoms with van der Waals surface area (Å²) < 4.78 is 24.0. The Kier molecular flexibility index (Phi) is 20.9. The number of hydrogen-bond acceptors (Lipinski definition) is 7. The Labute approximate surface area is 279 Å². The number of ether oxygens (including phenoxy) is 4. The van der Waals surface area contributed by atoms with Crippen LogP contribution in [0.15, 0.2) is 0 Å². The van der Waals surface area contributed by atoms with Crippen molar-refractivity contribution in [2.45, 2.75) is 199 Å². The minimum Gasteiger partial charge on any atom is -0.393 e. The zero-order valence-corrected chi connectivity index (χ0v) is 31.0. The van der Waals surface area contributed by atoms with Crippen molar-refractivity contribution in [3.63, 3.8) is 0 Å². The Bertz CT molecular complexity index is 828. The lowest BCUT2D eigenvalue weighted by Crippen LogP contribution is -2.40. The molecule has 0 spiro atoms. The van der Waals surface area contributed by atoms with Crippen LogP contribution in [0, 0.1) is 0 Å². The van der Waals surface area contributed by atoms with Gasteiger partial charge in [0.1, 0.15) is 11.2 Å². The fourth-order valence-electron chi connectivity index (χ4n) is 4.83. The molecule has 4 radical (unpaired) electrons. The summed E-state index contributed by atoms with van der Waals surface area (Å²) in [5, 5.41) is 10.3. The van der Waals surface area contributed by atoms with E-state index >= 15 is 0 Å². The molecule has 0 aromatic carbocycles. The lowest BCUT2D eigenvalue weighted by molar-refractivity contribution is -0.150. The van der Waals surface area contributed by atoms with E-state index in [0.717, 1.165) is 32.1 Å². The quantitative estimate of drug-likeness (QED) is 0.0883. The van der Waals surface area contributed by atoms with Crippen LogP contribution in [0.25, 0.3) is 0 Å². The van der Waals surface area contributed by atoms with Crippen LogP contribution in [0.3, 0.4) is 0 Å². The molecule has 0 aliphatic rings. The molecule has 0 rings (SSSR count). The van der Waals surface area contributed by atoms with Crippen molar-refractivity contribution in [2.75, 3.05) is 20.3 Å². The summed E-state index contributed by atoms with van der Waals surface area (Å²) in [6.07, 6.45) is 7.92. The van der Waals surface area contributed by atoms with Gasteiger partial charge in [-0.2, -0.15) is 0 Å². The van der Waals surface area contributed by atoms with E-state index in [1.165, 1.54) is 0 Å². The van der Waals surface area contributed by atoms with Crippen molar-refractivity contribution >= 4 is 27.3 Å². The number of aliphatic hydroxyl groups excluding tert-OH is 1. The highest BCUT2D eigenvalue weighted by atomic mass is 16.5. The predicted octanol–water partition coefficient (Wildman–Crippen LogP) is 7.69. The summed E-state index contributed by atoms with van der Waals surface area (Å²) in [7, 11) is 13.8. The molecule has 0 heterocycles. The lowest BCUT2D eigenvalue weighted by atomic mass is 9.80. The first-order valence-electron chi connectivity index (χ1n) is 17.5. The van der Waals surface area contributed by atoms with Crippen molar-refractivity contribution in [1.82, 2.24) is 0 Å². The van der Waals surface area contributed by atoms with E-state index in [0.29, 0.717) is 64.6 Å². The van der Waals surface area contributed by atoms with Crippen LogP contribution in [-0.2, 0) is 28.5 Å². The van der Waals surface area contributed by atoms with Crippen molar-refractivity contribution in [1.29, 1.82) is 0 Å². The van der Waals surface area contributed by atoms with E-state index in [1.807, 2.05) is 62.3 Å². The summed E-state index contributed by atoms with van der Waals surface area (Å²) in [4.78, 5) is 26.3. The van der Waals surface area contributed by atoms with Gasteiger partial charge in [-0.05, 0) is 100 Å². The smallest absolute Gasteiger partial charge is 0.164 e. The Hall–Kier alpha value is -0.730. The van der Waals surface area contributed by atoms with E-state index in [4.69, 9.17) is 34.6 Å². The van der Waals surface area contributed by atoms with Crippen molar-refractivity contribution < 1.29 is 33.6 Å². The van der Waals surface area contributed by atoms with Gasteiger partial charge in [0.2, 0.25) is 0 Å². The number of carbonyl (C=O) groups excluding carboxylic acids is 2. The topological polar surface area (TPSA) is 91.3 Å². The summed E-state index contributed by atoms with van der Waals surface area (Å²) in [5.74, 6) is 0.240. The Balaban J connectivity index is 4.94. The molecule has 45 heavy (non-hydrogen) atoms. The third-order valence-corrected chi connectivity index (χ3v) is 8.98. The Morgan fingerprint density at radius 2 is 1.20 bits per heavy atom. The molecule has 0 amide bonds. The molecular formula is C36H68B2O7. The second kappa shape index (κ2) is 21.3. The first kappa shape index (κ1) is 44.3.